The summed E-state index contributed by atoms with van der Waals surface area (Å²) in [4.78, 5) is 12.3. The quantitative estimate of drug-likeness (QED) is 0.606. The van der Waals surface area contributed by atoms with Gasteiger partial charge < -0.3 is 10.1 Å². The first kappa shape index (κ1) is 22.0. The van der Waals surface area contributed by atoms with E-state index in [1.54, 1.807) is 24.3 Å². The Morgan fingerprint density at radius 2 is 1.52 bits per heavy atom. The van der Waals surface area contributed by atoms with Crippen molar-refractivity contribution in [3.63, 3.8) is 0 Å². The number of sulfonamides is 1. The number of hydrogen-bond acceptors (Lipinski definition) is 5. The molecule has 0 saturated carbocycles. The Hall–Kier alpha value is -3.67. The number of carbonyl (C=O) groups excluding carboxylic acids is 1. The largest absolute Gasteiger partial charge is 0.457 e. The maximum absolute atomic E-state index is 12.6. The van der Waals surface area contributed by atoms with Gasteiger partial charge in [-0.25, -0.2) is 8.42 Å². The summed E-state index contributed by atoms with van der Waals surface area (Å²) in [6.07, 6.45) is 0. The number of likely N-dealkylation sites (N-methyl/N-ethyl adjacent to an activating group) is 1. The average Bonchev–Trinajstić information content (AvgIpc) is 2.76. The number of hydrogen-bond donors (Lipinski definition) is 1. The van der Waals surface area contributed by atoms with Crippen molar-refractivity contribution in [3.8, 4) is 17.6 Å². The number of carbonyl (C=O) groups is 1. The predicted octanol–water partition coefficient (Wildman–Crippen LogP) is 3.92. The van der Waals surface area contributed by atoms with Crippen LogP contribution >= 0.6 is 0 Å². The van der Waals surface area contributed by atoms with Crippen molar-refractivity contribution in [2.24, 2.45) is 0 Å². The SMILES string of the molecule is Cc1ccc(Oc2ccc(NC(=O)CN(C)S(=O)(=O)c3ccc(C#N)cc3)cc2)cc1. The van der Waals surface area contributed by atoms with E-state index in [9.17, 15) is 13.2 Å². The lowest BCUT2D eigenvalue weighted by Crippen LogP contribution is -2.34. The number of nitrogens with zero attached hydrogens (tertiary/aromatic N) is 2. The van der Waals surface area contributed by atoms with Crippen LogP contribution in [0.25, 0.3) is 0 Å². The number of amides is 1. The summed E-state index contributed by atoms with van der Waals surface area (Å²) in [5.74, 6) is 0.839. The van der Waals surface area contributed by atoms with E-state index in [-0.39, 0.29) is 11.4 Å². The summed E-state index contributed by atoms with van der Waals surface area (Å²) in [7, 11) is -2.53. The Labute approximate surface area is 181 Å². The van der Waals surface area contributed by atoms with Crippen LogP contribution < -0.4 is 10.1 Å². The number of aryl methyl sites for hydroxylation is 1. The summed E-state index contributed by atoms with van der Waals surface area (Å²) in [6, 6.07) is 21.9. The number of ether oxygens (including phenoxy) is 1. The van der Waals surface area contributed by atoms with Gasteiger partial charge in [-0.05, 0) is 67.6 Å². The number of rotatable bonds is 7. The van der Waals surface area contributed by atoms with Crippen molar-refractivity contribution in [2.45, 2.75) is 11.8 Å². The molecule has 0 aliphatic rings. The fourth-order valence-corrected chi connectivity index (χ4v) is 3.84. The van der Waals surface area contributed by atoms with Gasteiger partial charge >= 0.3 is 0 Å². The molecular weight excluding hydrogens is 414 g/mol. The van der Waals surface area contributed by atoms with Crippen LogP contribution in [-0.4, -0.2) is 32.2 Å². The lowest BCUT2D eigenvalue weighted by molar-refractivity contribution is -0.116. The average molecular weight is 436 g/mol. The normalized spacial score (nSPS) is 11.0. The van der Waals surface area contributed by atoms with E-state index in [2.05, 4.69) is 5.32 Å². The Kier molecular flexibility index (Phi) is 6.70. The molecule has 7 nitrogen and oxygen atoms in total. The monoisotopic (exact) mass is 435 g/mol. The van der Waals surface area contributed by atoms with Crippen molar-refractivity contribution >= 4 is 21.6 Å². The van der Waals surface area contributed by atoms with Gasteiger partial charge in [0.2, 0.25) is 15.9 Å². The molecule has 1 N–H and O–H groups in total. The Morgan fingerprint density at radius 3 is 2.06 bits per heavy atom. The molecule has 158 valence electrons. The van der Waals surface area contributed by atoms with E-state index >= 15 is 0 Å². The summed E-state index contributed by atoms with van der Waals surface area (Å²) in [5.41, 5.74) is 2.01. The molecule has 0 radical (unpaired) electrons. The smallest absolute Gasteiger partial charge is 0.243 e. The summed E-state index contributed by atoms with van der Waals surface area (Å²) in [6.45, 7) is 1.64. The molecular formula is C23H21N3O4S. The second-order valence-electron chi connectivity index (χ2n) is 6.88. The van der Waals surface area contributed by atoms with E-state index in [0.717, 1.165) is 9.87 Å². The second-order valence-corrected chi connectivity index (χ2v) is 8.93. The van der Waals surface area contributed by atoms with Crippen LogP contribution in [0, 0.1) is 18.3 Å². The molecule has 0 spiro atoms. The minimum atomic E-state index is -3.85. The van der Waals surface area contributed by atoms with E-state index in [1.165, 1.54) is 31.3 Å². The molecule has 0 bridgehead atoms. The van der Waals surface area contributed by atoms with E-state index in [0.29, 0.717) is 22.7 Å². The molecule has 3 rings (SSSR count). The molecule has 0 atom stereocenters. The molecule has 0 fully saturated rings. The van der Waals surface area contributed by atoms with Crippen LogP contribution in [0.1, 0.15) is 11.1 Å². The van der Waals surface area contributed by atoms with Crippen molar-refractivity contribution < 1.29 is 17.9 Å². The third kappa shape index (κ3) is 5.69. The highest BCUT2D eigenvalue weighted by molar-refractivity contribution is 7.89. The Balaban J connectivity index is 1.59. The van der Waals surface area contributed by atoms with Gasteiger partial charge in [-0.1, -0.05) is 17.7 Å². The van der Waals surface area contributed by atoms with Crippen molar-refractivity contribution in [1.82, 2.24) is 4.31 Å². The number of nitrogens with one attached hydrogen (secondary N) is 1. The van der Waals surface area contributed by atoms with Gasteiger partial charge in [0.05, 0.1) is 23.1 Å². The molecule has 31 heavy (non-hydrogen) atoms. The van der Waals surface area contributed by atoms with E-state index in [1.807, 2.05) is 37.3 Å². The fraction of sp³-hybridized carbons (Fsp3) is 0.130. The third-order valence-electron chi connectivity index (χ3n) is 4.45. The topological polar surface area (TPSA) is 99.5 Å². The highest BCUT2D eigenvalue weighted by Crippen LogP contribution is 2.23. The maximum Gasteiger partial charge on any atom is 0.243 e. The van der Waals surface area contributed by atoms with Gasteiger partial charge in [0.1, 0.15) is 11.5 Å². The van der Waals surface area contributed by atoms with Crippen molar-refractivity contribution in [3.05, 3.63) is 83.9 Å². The van der Waals surface area contributed by atoms with Gasteiger partial charge in [0.15, 0.2) is 0 Å². The minimum Gasteiger partial charge on any atom is -0.457 e. The first-order valence-corrected chi connectivity index (χ1v) is 10.8. The lowest BCUT2D eigenvalue weighted by Gasteiger charge is -2.17. The molecule has 3 aromatic carbocycles. The number of benzene rings is 3. The summed E-state index contributed by atoms with van der Waals surface area (Å²) < 4.78 is 31.9. The summed E-state index contributed by atoms with van der Waals surface area (Å²) >= 11 is 0. The molecule has 1 amide bonds. The molecule has 0 unspecified atom stereocenters. The van der Waals surface area contributed by atoms with E-state index < -0.39 is 15.9 Å². The van der Waals surface area contributed by atoms with Gasteiger partial charge in [0.25, 0.3) is 0 Å². The molecule has 0 heterocycles. The lowest BCUT2D eigenvalue weighted by atomic mass is 10.2. The molecule has 3 aromatic rings. The standard InChI is InChI=1S/C23H21N3O4S/c1-17-3-9-20(10-4-17)30-21-11-7-19(8-12-21)25-23(27)16-26(2)31(28,29)22-13-5-18(15-24)6-14-22/h3-14H,16H2,1-2H3,(H,25,27). The first-order chi connectivity index (χ1) is 14.8. The second kappa shape index (κ2) is 9.43. The minimum absolute atomic E-state index is 0.0133. The predicted molar refractivity (Wildman–Crippen MR) is 117 cm³/mol. The number of anilines is 1. The molecule has 0 aromatic heterocycles. The van der Waals surface area contributed by atoms with Gasteiger partial charge in [-0.15, -0.1) is 0 Å². The van der Waals surface area contributed by atoms with Crippen LogP contribution in [0.15, 0.2) is 77.7 Å². The summed E-state index contributed by atoms with van der Waals surface area (Å²) in [5, 5.41) is 11.5. The Morgan fingerprint density at radius 1 is 0.968 bits per heavy atom. The zero-order valence-corrected chi connectivity index (χ0v) is 17.9. The zero-order valence-electron chi connectivity index (χ0n) is 17.1. The molecule has 0 saturated heterocycles. The van der Waals surface area contributed by atoms with Crippen LogP contribution in [-0.2, 0) is 14.8 Å². The highest BCUT2D eigenvalue weighted by Gasteiger charge is 2.23. The van der Waals surface area contributed by atoms with Crippen LogP contribution in [0.4, 0.5) is 5.69 Å². The van der Waals surface area contributed by atoms with Gasteiger partial charge in [-0.3, -0.25) is 4.79 Å². The van der Waals surface area contributed by atoms with Crippen molar-refractivity contribution in [2.75, 3.05) is 18.9 Å². The first-order valence-electron chi connectivity index (χ1n) is 9.39. The molecule has 8 heteroatoms. The Bertz CT molecular complexity index is 1200. The van der Waals surface area contributed by atoms with Crippen LogP contribution in [0.2, 0.25) is 0 Å². The third-order valence-corrected chi connectivity index (χ3v) is 6.27. The van der Waals surface area contributed by atoms with Crippen LogP contribution in [0.5, 0.6) is 11.5 Å². The molecule has 0 aliphatic carbocycles. The highest BCUT2D eigenvalue weighted by atomic mass is 32.2. The van der Waals surface area contributed by atoms with Gasteiger partial charge in [-0.2, -0.15) is 9.57 Å². The van der Waals surface area contributed by atoms with Gasteiger partial charge in [0, 0.05) is 12.7 Å². The maximum atomic E-state index is 12.6. The molecule has 0 aliphatic heterocycles. The van der Waals surface area contributed by atoms with Crippen LogP contribution in [0.3, 0.4) is 0 Å². The van der Waals surface area contributed by atoms with E-state index in [4.69, 9.17) is 10.00 Å². The fourth-order valence-electron chi connectivity index (χ4n) is 2.72. The van der Waals surface area contributed by atoms with Crippen molar-refractivity contribution in [1.29, 1.82) is 5.26 Å². The number of nitriles is 1. The zero-order chi connectivity index (χ0) is 22.4.